The van der Waals surface area contributed by atoms with Crippen LogP contribution in [0.15, 0.2) is 46.9 Å². The van der Waals surface area contributed by atoms with Crippen LogP contribution in [0.1, 0.15) is 58.9 Å². The number of alkyl halides is 3. The Morgan fingerprint density at radius 3 is 2.62 bits per heavy atom. The van der Waals surface area contributed by atoms with Crippen LogP contribution in [0.3, 0.4) is 0 Å². The number of likely N-dealkylation sites (N-methyl/N-ethyl adjacent to an activating group) is 1. The molecule has 2 aliphatic heterocycles. The van der Waals surface area contributed by atoms with Crippen LogP contribution in [-0.4, -0.2) is 69.7 Å². The van der Waals surface area contributed by atoms with Crippen molar-refractivity contribution in [3.05, 3.63) is 69.4 Å². The molecule has 1 amide bonds. The summed E-state index contributed by atoms with van der Waals surface area (Å²) in [5.74, 6) is -0.0443. The van der Waals surface area contributed by atoms with Crippen molar-refractivity contribution in [3.8, 4) is 0 Å². The summed E-state index contributed by atoms with van der Waals surface area (Å²) in [5, 5.41) is 12.7. The minimum absolute atomic E-state index is 0.141. The second-order valence-corrected chi connectivity index (χ2v) is 10.9. The summed E-state index contributed by atoms with van der Waals surface area (Å²) >= 11 is 1.57. The van der Waals surface area contributed by atoms with Crippen LogP contribution in [0.4, 0.5) is 13.2 Å². The molecule has 13 heteroatoms. The van der Waals surface area contributed by atoms with E-state index in [1.807, 2.05) is 42.8 Å². The summed E-state index contributed by atoms with van der Waals surface area (Å²) < 4.78 is 40.0. The SMILES string of the molecule is CON(C)C(c1ccccc1)C1CC(c2csc(C3CCN(C(=O)Cn4nc(C(F)(F)F)cc4C)CC3)n2)=NO1. The number of likely N-dealkylation sites (tertiary alicyclic amines) is 1. The van der Waals surface area contributed by atoms with Gasteiger partial charge in [0.1, 0.15) is 12.3 Å². The largest absolute Gasteiger partial charge is 0.435 e. The lowest BCUT2D eigenvalue weighted by Crippen LogP contribution is -2.40. The van der Waals surface area contributed by atoms with E-state index in [4.69, 9.17) is 14.7 Å². The van der Waals surface area contributed by atoms with Crippen molar-refractivity contribution in [3.63, 3.8) is 0 Å². The number of hydroxylamine groups is 2. The van der Waals surface area contributed by atoms with Gasteiger partial charge in [-0.1, -0.05) is 35.5 Å². The molecule has 214 valence electrons. The van der Waals surface area contributed by atoms with Gasteiger partial charge in [0.05, 0.1) is 23.9 Å². The third-order valence-electron chi connectivity index (χ3n) is 7.44. The topological polar surface area (TPSA) is 85.1 Å². The standard InChI is InChI=1S/C27H31F3N6O3S/c1-17-13-23(27(28,29)30)32-36(17)15-24(37)35-11-9-19(10-12-35)26-31-21(16-40-26)20-14-22(39-33-20)25(34(2)38-3)18-7-5-4-6-8-18/h4-8,13,16,19,22,25H,9-12,14-15H2,1-3H3. The van der Waals surface area contributed by atoms with Crippen molar-refractivity contribution in [1.29, 1.82) is 0 Å². The molecule has 2 aliphatic rings. The third kappa shape index (κ3) is 6.06. The molecular weight excluding hydrogens is 545 g/mol. The van der Waals surface area contributed by atoms with Crippen molar-refractivity contribution in [2.24, 2.45) is 5.16 Å². The van der Waals surface area contributed by atoms with Crippen LogP contribution in [0, 0.1) is 6.92 Å². The number of thiazole rings is 1. The van der Waals surface area contributed by atoms with Crippen LogP contribution in [-0.2, 0) is 27.2 Å². The number of amides is 1. The van der Waals surface area contributed by atoms with Gasteiger partial charge in [-0.25, -0.2) is 4.98 Å². The van der Waals surface area contributed by atoms with Gasteiger partial charge < -0.3 is 14.6 Å². The first-order chi connectivity index (χ1) is 19.1. The number of nitrogens with zero attached hydrogens (tertiary/aromatic N) is 6. The van der Waals surface area contributed by atoms with E-state index in [9.17, 15) is 18.0 Å². The molecule has 2 aromatic heterocycles. The van der Waals surface area contributed by atoms with E-state index in [-0.39, 0.29) is 30.5 Å². The fourth-order valence-electron chi connectivity index (χ4n) is 5.16. The second-order valence-electron chi connectivity index (χ2n) is 10.0. The number of halogens is 3. The smallest absolute Gasteiger partial charge is 0.390 e. The number of oxime groups is 1. The number of carbonyl (C=O) groups excluding carboxylic acids is 1. The van der Waals surface area contributed by atoms with Gasteiger partial charge in [0.2, 0.25) is 5.91 Å². The number of rotatable bonds is 8. The Labute approximate surface area is 234 Å². The highest BCUT2D eigenvalue weighted by atomic mass is 32.1. The summed E-state index contributed by atoms with van der Waals surface area (Å²) in [5.41, 5.74) is 1.97. The molecule has 9 nitrogen and oxygen atoms in total. The highest BCUT2D eigenvalue weighted by molar-refractivity contribution is 7.10. The van der Waals surface area contributed by atoms with Crippen LogP contribution in [0.2, 0.25) is 0 Å². The molecule has 0 saturated carbocycles. The lowest BCUT2D eigenvalue weighted by molar-refractivity contribution is -0.172. The molecule has 40 heavy (non-hydrogen) atoms. The average Bonchev–Trinajstić information content (AvgIpc) is 3.70. The van der Waals surface area contributed by atoms with Gasteiger partial charge in [-0.05, 0) is 31.4 Å². The highest BCUT2D eigenvalue weighted by Gasteiger charge is 2.36. The number of hydrogen-bond acceptors (Lipinski definition) is 8. The Bertz CT molecular complexity index is 1350. The molecule has 4 heterocycles. The van der Waals surface area contributed by atoms with Gasteiger partial charge in [0, 0.05) is 43.5 Å². The number of carbonyl (C=O) groups is 1. The van der Waals surface area contributed by atoms with Crippen molar-refractivity contribution >= 4 is 23.0 Å². The Morgan fingerprint density at radius 2 is 1.98 bits per heavy atom. The average molecular weight is 577 g/mol. The molecule has 0 spiro atoms. The van der Waals surface area contributed by atoms with E-state index in [1.54, 1.807) is 28.4 Å². The Kier molecular flexibility index (Phi) is 8.24. The second kappa shape index (κ2) is 11.7. The van der Waals surface area contributed by atoms with Crippen LogP contribution >= 0.6 is 11.3 Å². The molecule has 1 saturated heterocycles. The van der Waals surface area contributed by atoms with E-state index < -0.39 is 11.9 Å². The summed E-state index contributed by atoms with van der Waals surface area (Å²) in [6.07, 6.45) is -2.72. The first kappa shape index (κ1) is 28.2. The lowest BCUT2D eigenvalue weighted by atomic mass is 9.96. The molecular formula is C27H31F3N6O3S. The number of aryl methyl sites for hydroxylation is 1. The number of aromatic nitrogens is 3. The zero-order chi connectivity index (χ0) is 28.4. The first-order valence-corrected chi connectivity index (χ1v) is 13.9. The summed E-state index contributed by atoms with van der Waals surface area (Å²) in [4.78, 5) is 30.7. The van der Waals surface area contributed by atoms with Crippen molar-refractivity contribution in [1.82, 2.24) is 24.7 Å². The molecule has 0 bridgehead atoms. The fourth-order valence-corrected chi connectivity index (χ4v) is 6.16. The zero-order valence-electron chi connectivity index (χ0n) is 22.5. The summed E-state index contributed by atoms with van der Waals surface area (Å²) in [6.45, 7) is 2.33. The van der Waals surface area contributed by atoms with Crippen LogP contribution in [0.5, 0.6) is 0 Å². The van der Waals surface area contributed by atoms with Crippen molar-refractivity contribution in [2.45, 2.75) is 57.0 Å². The van der Waals surface area contributed by atoms with Gasteiger partial charge in [-0.15, -0.1) is 11.3 Å². The number of hydrogen-bond donors (Lipinski definition) is 0. The molecule has 2 atom stereocenters. The number of piperidine rings is 1. The van der Waals surface area contributed by atoms with Crippen molar-refractivity contribution < 1.29 is 27.6 Å². The van der Waals surface area contributed by atoms with E-state index in [2.05, 4.69) is 10.3 Å². The molecule has 1 fully saturated rings. The molecule has 1 aromatic carbocycles. The number of benzene rings is 1. The molecule has 0 N–H and O–H groups in total. The molecule has 3 aromatic rings. The van der Waals surface area contributed by atoms with Gasteiger partial charge >= 0.3 is 6.18 Å². The van der Waals surface area contributed by atoms with Crippen LogP contribution in [0.25, 0.3) is 0 Å². The van der Waals surface area contributed by atoms with E-state index in [0.717, 1.165) is 45.6 Å². The summed E-state index contributed by atoms with van der Waals surface area (Å²) in [6, 6.07) is 10.8. The molecule has 2 unspecified atom stereocenters. The van der Waals surface area contributed by atoms with Gasteiger partial charge in [0.15, 0.2) is 11.8 Å². The lowest BCUT2D eigenvalue weighted by Gasteiger charge is -2.31. The predicted octanol–water partition coefficient (Wildman–Crippen LogP) is 4.80. The quantitative estimate of drug-likeness (QED) is 0.358. The third-order valence-corrected chi connectivity index (χ3v) is 8.44. The minimum atomic E-state index is -4.54. The maximum absolute atomic E-state index is 13.0. The van der Waals surface area contributed by atoms with Crippen molar-refractivity contribution in [2.75, 3.05) is 27.2 Å². The van der Waals surface area contributed by atoms with E-state index in [1.165, 1.54) is 6.92 Å². The van der Waals surface area contributed by atoms with E-state index in [0.29, 0.717) is 25.2 Å². The normalized spacial score (nSPS) is 19.1. The Morgan fingerprint density at radius 1 is 1.25 bits per heavy atom. The maximum Gasteiger partial charge on any atom is 0.435 e. The van der Waals surface area contributed by atoms with Gasteiger partial charge in [-0.3, -0.25) is 9.48 Å². The zero-order valence-corrected chi connectivity index (χ0v) is 23.3. The highest BCUT2D eigenvalue weighted by Crippen LogP contribution is 2.35. The van der Waals surface area contributed by atoms with Crippen LogP contribution < -0.4 is 0 Å². The minimum Gasteiger partial charge on any atom is -0.390 e. The molecule has 0 aliphatic carbocycles. The van der Waals surface area contributed by atoms with Gasteiger partial charge in [0.25, 0.3) is 0 Å². The van der Waals surface area contributed by atoms with Gasteiger partial charge in [-0.2, -0.15) is 23.3 Å². The molecule has 0 radical (unpaired) electrons. The Balaban J connectivity index is 1.17. The fraction of sp³-hybridized carbons (Fsp3) is 0.481. The summed E-state index contributed by atoms with van der Waals surface area (Å²) in [7, 11) is 3.49. The first-order valence-electron chi connectivity index (χ1n) is 13.0. The molecule has 5 rings (SSSR count). The monoisotopic (exact) mass is 576 g/mol. The maximum atomic E-state index is 13.0. The Hall–Kier alpha value is -3.29. The van der Waals surface area contributed by atoms with E-state index >= 15 is 0 Å². The predicted molar refractivity (Wildman–Crippen MR) is 143 cm³/mol.